The maximum atomic E-state index is 5.29. The number of methoxy groups -OCH3 is 1. The van der Waals surface area contributed by atoms with Gasteiger partial charge < -0.3 is 9.72 Å². The number of thiophene rings is 1. The molecule has 6 rings (SSSR count). The van der Waals surface area contributed by atoms with Crippen LogP contribution in [-0.4, -0.2) is 37.2 Å². The molecule has 31 heavy (non-hydrogen) atoms. The maximum absolute atomic E-state index is 5.29. The van der Waals surface area contributed by atoms with Gasteiger partial charge in [-0.2, -0.15) is 5.10 Å². The van der Waals surface area contributed by atoms with Crippen molar-refractivity contribution in [3.05, 3.63) is 66.3 Å². The van der Waals surface area contributed by atoms with E-state index < -0.39 is 0 Å². The largest absolute Gasteiger partial charge is 0.495 e. The summed E-state index contributed by atoms with van der Waals surface area (Å²) in [5.74, 6) is 1.36. The van der Waals surface area contributed by atoms with Gasteiger partial charge in [0, 0.05) is 22.2 Å². The predicted molar refractivity (Wildman–Crippen MR) is 122 cm³/mol. The highest BCUT2D eigenvalue weighted by Crippen LogP contribution is 2.33. The molecular weight excluding hydrogens is 408 g/mol. The molecule has 6 aromatic rings. The Hall–Kier alpha value is -4.04. The molecule has 0 bridgehead atoms. The highest BCUT2D eigenvalue weighted by atomic mass is 32.1. The van der Waals surface area contributed by atoms with Gasteiger partial charge in [0.25, 0.3) is 0 Å². The summed E-state index contributed by atoms with van der Waals surface area (Å²) in [7, 11) is 1.62. The molecule has 0 atom stereocenters. The summed E-state index contributed by atoms with van der Waals surface area (Å²) < 4.78 is 5.29. The summed E-state index contributed by atoms with van der Waals surface area (Å²) in [5, 5.41) is 9.64. The van der Waals surface area contributed by atoms with Crippen LogP contribution < -0.4 is 4.74 Å². The number of fused-ring (bicyclic) bond motifs is 2. The number of hydrogen-bond donors (Lipinski definition) is 2. The van der Waals surface area contributed by atoms with Crippen LogP contribution in [0.1, 0.15) is 0 Å². The van der Waals surface area contributed by atoms with Crippen molar-refractivity contribution in [2.45, 2.75) is 0 Å². The molecule has 0 spiro atoms. The summed E-state index contributed by atoms with van der Waals surface area (Å²) in [6, 6.07) is 16.1. The smallest absolute Gasteiger partial charge is 0.161 e. The van der Waals surface area contributed by atoms with Gasteiger partial charge in [-0.25, -0.2) is 9.97 Å². The number of aromatic amines is 2. The van der Waals surface area contributed by atoms with Crippen LogP contribution in [0.25, 0.3) is 55.3 Å². The standard InChI is InChI=1S/C23H16N6OS/c1-30-14-10-13(11-24-12-14)16-7-8-18-21(25-16)22(29-28-18)23-26-17-5-2-4-15(20(17)27-23)19-6-3-9-31-19/h2-12H,1H3,(H,26,27)(H,28,29). The lowest BCUT2D eigenvalue weighted by atomic mass is 10.1. The number of para-hydroxylation sites is 1. The first-order valence-corrected chi connectivity index (χ1v) is 10.6. The molecule has 0 amide bonds. The van der Waals surface area contributed by atoms with Crippen molar-refractivity contribution in [3.63, 3.8) is 0 Å². The van der Waals surface area contributed by atoms with Gasteiger partial charge >= 0.3 is 0 Å². The van der Waals surface area contributed by atoms with Gasteiger partial charge in [0.1, 0.15) is 11.3 Å². The third kappa shape index (κ3) is 2.96. The van der Waals surface area contributed by atoms with Crippen LogP contribution in [0.2, 0.25) is 0 Å². The summed E-state index contributed by atoms with van der Waals surface area (Å²) in [6.07, 6.45) is 3.44. The molecule has 0 radical (unpaired) electrons. The van der Waals surface area contributed by atoms with Crippen LogP contribution in [0.3, 0.4) is 0 Å². The first-order valence-electron chi connectivity index (χ1n) is 9.67. The number of imidazole rings is 1. The lowest BCUT2D eigenvalue weighted by molar-refractivity contribution is 0.413. The third-order valence-corrected chi connectivity index (χ3v) is 6.08. The fraction of sp³-hybridized carbons (Fsp3) is 0.0435. The molecule has 2 N–H and O–H groups in total. The zero-order valence-corrected chi connectivity index (χ0v) is 17.3. The van der Waals surface area contributed by atoms with Crippen molar-refractivity contribution in [3.8, 4) is 39.0 Å². The van der Waals surface area contributed by atoms with Gasteiger partial charge in [0.15, 0.2) is 11.5 Å². The number of pyridine rings is 2. The second kappa shape index (κ2) is 7.03. The number of benzene rings is 1. The van der Waals surface area contributed by atoms with E-state index in [0.717, 1.165) is 38.9 Å². The van der Waals surface area contributed by atoms with Gasteiger partial charge in [-0.3, -0.25) is 10.1 Å². The molecule has 5 heterocycles. The van der Waals surface area contributed by atoms with Crippen molar-refractivity contribution in [2.75, 3.05) is 7.11 Å². The van der Waals surface area contributed by atoms with Crippen LogP contribution in [0, 0.1) is 0 Å². The van der Waals surface area contributed by atoms with Gasteiger partial charge in [-0.05, 0) is 35.7 Å². The number of nitrogens with one attached hydrogen (secondary N) is 2. The zero-order valence-electron chi connectivity index (χ0n) is 16.5. The number of ether oxygens (including phenoxy) is 1. The van der Waals surface area contributed by atoms with Crippen LogP contribution >= 0.6 is 11.3 Å². The average molecular weight is 424 g/mol. The van der Waals surface area contributed by atoms with Gasteiger partial charge in [-0.15, -0.1) is 11.3 Å². The van der Waals surface area contributed by atoms with Crippen molar-refractivity contribution in [1.82, 2.24) is 30.1 Å². The topological polar surface area (TPSA) is 92.4 Å². The second-order valence-electron chi connectivity index (χ2n) is 7.04. The molecular formula is C23H16N6OS. The van der Waals surface area contributed by atoms with Crippen molar-refractivity contribution < 1.29 is 4.74 Å². The Balaban J connectivity index is 1.50. The molecule has 0 aliphatic rings. The van der Waals surface area contributed by atoms with E-state index >= 15 is 0 Å². The minimum absolute atomic E-state index is 0.679. The van der Waals surface area contributed by atoms with Crippen molar-refractivity contribution in [2.24, 2.45) is 0 Å². The quantitative estimate of drug-likeness (QED) is 0.401. The van der Waals surface area contributed by atoms with Gasteiger partial charge in [-0.1, -0.05) is 18.2 Å². The van der Waals surface area contributed by atoms with E-state index in [1.165, 1.54) is 4.88 Å². The highest BCUT2D eigenvalue weighted by molar-refractivity contribution is 7.13. The van der Waals surface area contributed by atoms with E-state index in [4.69, 9.17) is 14.7 Å². The Kier molecular flexibility index (Phi) is 4.03. The third-order valence-electron chi connectivity index (χ3n) is 5.18. The average Bonchev–Trinajstić information content (AvgIpc) is 3.57. The molecule has 150 valence electrons. The van der Waals surface area contributed by atoms with Gasteiger partial charge in [0.2, 0.25) is 0 Å². The molecule has 0 aliphatic heterocycles. The van der Waals surface area contributed by atoms with Crippen molar-refractivity contribution in [1.29, 1.82) is 0 Å². The molecule has 0 aliphatic carbocycles. The molecule has 0 fully saturated rings. The number of H-pyrrole nitrogens is 2. The fourth-order valence-electron chi connectivity index (χ4n) is 3.67. The normalized spacial score (nSPS) is 11.4. The Labute approximate surface area is 180 Å². The minimum atomic E-state index is 0.679. The van der Waals surface area contributed by atoms with Crippen molar-refractivity contribution >= 4 is 33.4 Å². The van der Waals surface area contributed by atoms with E-state index in [2.05, 4.69) is 37.7 Å². The molecule has 0 saturated carbocycles. The van der Waals surface area contributed by atoms with E-state index in [0.29, 0.717) is 17.3 Å². The molecule has 0 unspecified atom stereocenters. The first-order chi connectivity index (χ1) is 15.3. The van der Waals surface area contributed by atoms with Crippen LogP contribution in [0.5, 0.6) is 5.75 Å². The molecule has 7 nitrogen and oxygen atoms in total. The lowest BCUT2D eigenvalue weighted by Crippen LogP contribution is -1.89. The number of nitrogens with zero attached hydrogens (tertiary/aromatic N) is 4. The number of aromatic nitrogens is 6. The maximum Gasteiger partial charge on any atom is 0.161 e. The Morgan fingerprint density at radius 1 is 0.935 bits per heavy atom. The van der Waals surface area contributed by atoms with E-state index in [1.54, 1.807) is 30.8 Å². The molecule has 8 heteroatoms. The zero-order chi connectivity index (χ0) is 20.8. The van der Waals surface area contributed by atoms with E-state index in [9.17, 15) is 0 Å². The second-order valence-corrected chi connectivity index (χ2v) is 7.99. The van der Waals surface area contributed by atoms with Crippen LogP contribution in [0.15, 0.2) is 66.3 Å². The monoisotopic (exact) mass is 424 g/mol. The Morgan fingerprint density at radius 2 is 1.90 bits per heavy atom. The minimum Gasteiger partial charge on any atom is -0.495 e. The number of hydrogen-bond acceptors (Lipinski definition) is 6. The van der Waals surface area contributed by atoms with E-state index in [1.807, 2.05) is 36.4 Å². The Morgan fingerprint density at radius 3 is 2.77 bits per heavy atom. The molecule has 0 saturated heterocycles. The summed E-state index contributed by atoms with van der Waals surface area (Å²) in [5.41, 5.74) is 6.92. The van der Waals surface area contributed by atoms with Crippen LogP contribution in [0.4, 0.5) is 0 Å². The lowest BCUT2D eigenvalue weighted by Gasteiger charge is -2.03. The summed E-state index contributed by atoms with van der Waals surface area (Å²) in [6.45, 7) is 0. The fourth-order valence-corrected chi connectivity index (χ4v) is 4.42. The first kappa shape index (κ1) is 17.8. The molecule has 5 aromatic heterocycles. The highest BCUT2D eigenvalue weighted by Gasteiger charge is 2.17. The summed E-state index contributed by atoms with van der Waals surface area (Å²) in [4.78, 5) is 18.6. The van der Waals surface area contributed by atoms with Crippen LogP contribution in [-0.2, 0) is 0 Å². The summed E-state index contributed by atoms with van der Waals surface area (Å²) >= 11 is 1.70. The number of rotatable bonds is 4. The molecule has 1 aromatic carbocycles. The van der Waals surface area contributed by atoms with Gasteiger partial charge in [0.05, 0.1) is 35.6 Å². The van der Waals surface area contributed by atoms with E-state index in [-0.39, 0.29) is 0 Å². The Bertz CT molecular complexity index is 1530. The predicted octanol–water partition coefficient (Wildman–Crippen LogP) is 5.30. The SMILES string of the molecule is COc1cncc(-c2ccc3[nH]nc(-c4nc5c(-c6cccs6)cccc5[nH]4)c3n2)c1.